The SMILES string of the molecule is COc1cccc(C2CC(=O)CCO2)c1. The molecule has 15 heavy (non-hydrogen) atoms. The number of hydrogen-bond acceptors (Lipinski definition) is 3. The van der Waals surface area contributed by atoms with E-state index < -0.39 is 0 Å². The molecule has 0 N–H and O–H groups in total. The lowest BCUT2D eigenvalue weighted by molar-refractivity contribution is -0.128. The molecule has 1 fully saturated rings. The van der Waals surface area contributed by atoms with E-state index in [0.29, 0.717) is 19.4 Å². The minimum absolute atomic E-state index is 0.0960. The van der Waals surface area contributed by atoms with Gasteiger partial charge in [0.15, 0.2) is 0 Å². The van der Waals surface area contributed by atoms with Crippen molar-refractivity contribution in [2.45, 2.75) is 18.9 Å². The van der Waals surface area contributed by atoms with Gasteiger partial charge < -0.3 is 9.47 Å². The zero-order valence-corrected chi connectivity index (χ0v) is 8.73. The second kappa shape index (κ2) is 4.45. The van der Waals surface area contributed by atoms with Crippen LogP contribution in [-0.2, 0) is 9.53 Å². The number of Topliss-reactive ketones (excluding diaryl/α,β-unsaturated/α-hetero) is 1. The number of carbonyl (C=O) groups is 1. The van der Waals surface area contributed by atoms with Crippen molar-refractivity contribution in [2.24, 2.45) is 0 Å². The molecule has 0 bridgehead atoms. The predicted molar refractivity (Wildman–Crippen MR) is 55.9 cm³/mol. The van der Waals surface area contributed by atoms with Crippen LogP contribution in [-0.4, -0.2) is 19.5 Å². The zero-order valence-electron chi connectivity index (χ0n) is 8.73. The Morgan fingerprint density at radius 1 is 1.47 bits per heavy atom. The van der Waals surface area contributed by atoms with E-state index in [1.807, 2.05) is 24.3 Å². The van der Waals surface area contributed by atoms with Gasteiger partial charge in [-0.05, 0) is 17.7 Å². The van der Waals surface area contributed by atoms with Gasteiger partial charge in [0.2, 0.25) is 0 Å². The Bertz CT molecular complexity index is 360. The molecule has 1 heterocycles. The number of benzene rings is 1. The van der Waals surface area contributed by atoms with E-state index in [1.54, 1.807) is 7.11 Å². The molecule has 1 aliphatic heterocycles. The largest absolute Gasteiger partial charge is 0.497 e. The monoisotopic (exact) mass is 206 g/mol. The summed E-state index contributed by atoms with van der Waals surface area (Å²) >= 11 is 0. The Hall–Kier alpha value is -1.35. The van der Waals surface area contributed by atoms with Crippen LogP contribution in [0.1, 0.15) is 24.5 Å². The van der Waals surface area contributed by atoms with Crippen LogP contribution in [0.15, 0.2) is 24.3 Å². The Morgan fingerprint density at radius 3 is 3.07 bits per heavy atom. The van der Waals surface area contributed by atoms with Crippen molar-refractivity contribution in [3.63, 3.8) is 0 Å². The van der Waals surface area contributed by atoms with Crippen LogP contribution in [0.25, 0.3) is 0 Å². The lowest BCUT2D eigenvalue weighted by atomic mass is 10.0. The first-order valence-corrected chi connectivity index (χ1v) is 5.07. The van der Waals surface area contributed by atoms with E-state index in [4.69, 9.17) is 9.47 Å². The maximum Gasteiger partial charge on any atom is 0.138 e. The molecule has 0 saturated carbocycles. The molecule has 1 aliphatic rings. The van der Waals surface area contributed by atoms with Gasteiger partial charge in [-0.3, -0.25) is 4.79 Å². The lowest BCUT2D eigenvalue weighted by Crippen LogP contribution is -2.19. The summed E-state index contributed by atoms with van der Waals surface area (Å²) in [5, 5.41) is 0. The molecular weight excluding hydrogens is 192 g/mol. The minimum atomic E-state index is -0.0960. The molecule has 0 radical (unpaired) electrons. The van der Waals surface area contributed by atoms with E-state index in [1.165, 1.54) is 0 Å². The summed E-state index contributed by atoms with van der Waals surface area (Å²) in [5.74, 6) is 1.07. The van der Waals surface area contributed by atoms with Crippen LogP contribution in [0.4, 0.5) is 0 Å². The fourth-order valence-corrected chi connectivity index (χ4v) is 1.74. The number of ketones is 1. The Morgan fingerprint density at radius 2 is 2.33 bits per heavy atom. The molecule has 0 aromatic heterocycles. The second-order valence-corrected chi connectivity index (χ2v) is 3.63. The van der Waals surface area contributed by atoms with Gasteiger partial charge in [0, 0.05) is 12.8 Å². The average Bonchev–Trinajstić information content (AvgIpc) is 2.29. The smallest absolute Gasteiger partial charge is 0.138 e. The van der Waals surface area contributed by atoms with Gasteiger partial charge in [-0.2, -0.15) is 0 Å². The van der Waals surface area contributed by atoms with E-state index in [0.717, 1.165) is 11.3 Å². The fraction of sp³-hybridized carbons (Fsp3) is 0.417. The third kappa shape index (κ3) is 2.36. The highest BCUT2D eigenvalue weighted by molar-refractivity contribution is 5.79. The van der Waals surface area contributed by atoms with Gasteiger partial charge in [-0.15, -0.1) is 0 Å². The molecule has 3 nitrogen and oxygen atoms in total. The average molecular weight is 206 g/mol. The van der Waals surface area contributed by atoms with Crippen molar-refractivity contribution in [1.82, 2.24) is 0 Å². The molecule has 1 saturated heterocycles. The standard InChI is InChI=1S/C12H14O3/c1-14-11-4-2-3-9(7-11)12-8-10(13)5-6-15-12/h2-4,7,12H,5-6,8H2,1H3. The third-order valence-corrected chi connectivity index (χ3v) is 2.58. The zero-order chi connectivity index (χ0) is 10.7. The van der Waals surface area contributed by atoms with E-state index in [2.05, 4.69) is 0 Å². The maximum atomic E-state index is 11.3. The summed E-state index contributed by atoms with van der Waals surface area (Å²) in [5.41, 5.74) is 1.02. The minimum Gasteiger partial charge on any atom is -0.497 e. The third-order valence-electron chi connectivity index (χ3n) is 2.58. The van der Waals surface area contributed by atoms with Crippen molar-refractivity contribution in [2.75, 3.05) is 13.7 Å². The molecule has 1 atom stereocenters. The maximum absolute atomic E-state index is 11.3. The quantitative estimate of drug-likeness (QED) is 0.743. The normalized spacial score (nSPS) is 21.4. The van der Waals surface area contributed by atoms with Gasteiger partial charge in [0.05, 0.1) is 19.8 Å². The molecule has 0 amide bonds. The highest BCUT2D eigenvalue weighted by atomic mass is 16.5. The highest BCUT2D eigenvalue weighted by Crippen LogP contribution is 2.28. The summed E-state index contributed by atoms with van der Waals surface area (Å²) in [6, 6.07) is 7.68. The van der Waals surface area contributed by atoms with Crippen LogP contribution >= 0.6 is 0 Å². The molecule has 1 aromatic rings. The van der Waals surface area contributed by atoms with E-state index in [-0.39, 0.29) is 11.9 Å². The molecule has 0 spiro atoms. The summed E-state index contributed by atoms with van der Waals surface area (Å²) in [7, 11) is 1.63. The van der Waals surface area contributed by atoms with Crippen LogP contribution in [0.5, 0.6) is 5.75 Å². The molecule has 1 aromatic carbocycles. The van der Waals surface area contributed by atoms with Gasteiger partial charge in [0.1, 0.15) is 11.5 Å². The first-order chi connectivity index (χ1) is 7.29. The molecule has 1 unspecified atom stereocenters. The number of hydrogen-bond donors (Lipinski definition) is 0. The van der Waals surface area contributed by atoms with Crippen LogP contribution < -0.4 is 4.74 Å². The van der Waals surface area contributed by atoms with Crippen LogP contribution in [0.2, 0.25) is 0 Å². The number of carbonyl (C=O) groups excluding carboxylic acids is 1. The van der Waals surface area contributed by atoms with Crippen LogP contribution in [0.3, 0.4) is 0 Å². The Kier molecular flexibility index (Phi) is 3.02. The second-order valence-electron chi connectivity index (χ2n) is 3.63. The van der Waals surface area contributed by atoms with Crippen molar-refractivity contribution >= 4 is 5.78 Å². The summed E-state index contributed by atoms with van der Waals surface area (Å²) in [6.07, 6.45) is 0.925. The highest BCUT2D eigenvalue weighted by Gasteiger charge is 2.21. The van der Waals surface area contributed by atoms with Gasteiger partial charge in [-0.25, -0.2) is 0 Å². The predicted octanol–water partition coefficient (Wildman–Crippen LogP) is 2.12. The lowest BCUT2D eigenvalue weighted by Gasteiger charge is -2.22. The van der Waals surface area contributed by atoms with Crippen molar-refractivity contribution in [3.8, 4) is 5.75 Å². The summed E-state index contributed by atoms with van der Waals surface area (Å²) < 4.78 is 10.7. The Labute approximate surface area is 89.0 Å². The van der Waals surface area contributed by atoms with Crippen molar-refractivity contribution in [1.29, 1.82) is 0 Å². The number of rotatable bonds is 2. The molecule has 2 rings (SSSR count). The fourth-order valence-electron chi connectivity index (χ4n) is 1.74. The van der Waals surface area contributed by atoms with Crippen molar-refractivity contribution < 1.29 is 14.3 Å². The van der Waals surface area contributed by atoms with Gasteiger partial charge >= 0.3 is 0 Å². The summed E-state index contributed by atoms with van der Waals surface area (Å²) in [6.45, 7) is 0.528. The summed E-state index contributed by atoms with van der Waals surface area (Å²) in [4.78, 5) is 11.3. The van der Waals surface area contributed by atoms with E-state index in [9.17, 15) is 4.79 Å². The first kappa shape index (κ1) is 10.2. The van der Waals surface area contributed by atoms with Crippen molar-refractivity contribution in [3.05, 3.63) is 29.8 Å². The Balaban J connectivity index is 2.17. The number of ether oxygens (including phenoxy) is 2. The molecule has 0 aliphatic carbocycles. The first-order valence-electron chi connectivity index (χ1n) is 5.07. The van der Waals surface area contributed by atoms with Gasteiger partial charge in [-0.1, -0.05) is 12.1 Å². The topological polar surface area (TPSA) is 35.5 Å². The van der Waals surface area contributed by atoms with Gasteiger partial charge in [0.25, 0.3) is 0 Å². The molecular formula is C12H14O3. The van der Waals surface area contributed by atoms with E-state index >= 15 is 0 Å². The van der Waals surface area contributed by atoms with Crippen LogP contribution in [0, 0.1) is 0 Å². The molecule has 3 heteroatoms. The molecule has 80 valence electrons. The number of methoxy groups -OCH3 is 1.